The number of carbonyl (C=O) groups is 2. The topological polar surface area (TPSA) is 43.4 Å². The van der Waals surface area contributed by atoms with Crippen LogP contribution in [0.5, 0.6) is 0 Å². The first-order valence-corrected chi connectivity index (χ1v) is 5.10. The van der Waals surface area contributed by atoms with Crippen molar-refractivity contribution < 1.29 is 30.3 Å². The Hall–Kier alpha value is -0.701. The van der Waals surface area contributed by atoms with Crippen molar-refractivity contribution >= 4 is 13.6 Å². The van der Waals surface area contributed by atoms with Crippen molar-refractivity contribution in [3.05, 3.63) is 22.7 Å². The second kappa shape index (κ2) is 15.8. The third-order valence-electron chi connectivity index (χ3n) is 1.54. The van der Waals surface area contributed by atoms with Crippen LogP contribution in [0.4, 0.5) is 0 Å². The first kappa shape index (κ1) is 16.7. The Morgan fingerprint density at radius 3 is 1.80 bits per heavy atom. The van der Waals surface area contributed by atoms with Crippen LogP contribution in [0.15, 0.2) is 22.7 Å². The van der Waals surface area contributed by atoms with Crippen LogP contribution in [0.3, 0.4) is 0 Å². The van der Waals surface area contributed by atoms with Gasteiger partial charge >= 0.3 is 45.1 Å². The Morgan fingerprint density at radius 2 is 1.67 bits per heavy atom. The first-order chi connectivity index (χ1) is 7.39. The second-order valence-corrected chi connectivity index (χ2v) is 3.26. The van der Waals surface area contributed by atoms with E-state index < -0.39 is 0 Å². The van der Waals surface area contributed by atoms with Gasteiger partial charge in [-0.3, -0.25) is 0 Å². The van der Waals surface area contributed by atoms with Gasteiger partial charge in [0.15, 0.2) is 0 Å². The second-order valence-electron chi connectivity index (χ2n) is 2.55. The molecule has 1 aliphatic heterocycles. The van der Waals surface area contributed by atoms with E-state index >= 15 is 0 Å². The number of hydrogen-bond acceptors (Lipinski definition) is 3. The van der Waals surface area contributed by atoms with Crippen molar-refractivity contribution in [2.75, 3.05) is 13.2 Å². The molecule has 0 atom stereocenters. The van der Waals surface area contributed by atoms with Crippen LogP contribution < -0.4 is 0 Å². The molecule has 3 nitrogen and oxygen atoms in total. The molecule has 4 heteroatoms. The Balaban J connectivity index is 0. The molecule has 0 amide bonds. The summed E-state index contributed by atoms with van der Waals surface area (Å²) >= 11 is 3.74. The fourth-order valence-electron chi connectivity index (χ4n) is 0.926. The van der Waals surface area contributed by atoms with Crippen LogP contribution in [-0.4, -0.2) is 26.8 Å². The van der Waals surface area contributed by atoms with Crippen LogP contribution in [0.2, 0.25) is 0 Å². The molecule has 1 fully saturated rings. The van der Waals surface area contributed by atoms with Gasteiger partial charge in [0, 0.05) is 13.2 Å². The molecule has 0 radical (unpaired) electrons. The Bertz CT molecular complexity index is 177. The number of allylic oxidation sites excluding steroid dienone is 4. The van der Waals surface area contributed by atoms with E-state index in [1.54, 1.807) is 0 Å². The van der Waals surface area contributed by atoms with Gasteiger partial charge in [-0.1, -0.05) is 0 Å². The Morgan fingerprint density at radius 1 is 1.13 bits per heavy atom. The molecule has 2 rings (SSSR count). The molecule has 1 heterocycles. The Labute approximate surface area is 99.4 Å². The molecule has 0 aromatic carbocycles. The zero-order chi connectivity index (χ0) is 11.9. The summed E-state index contributed by atoms with van der Waals surface area (Å²) in [6.07, 6.45) is 9.77. The van der Waals surface area contributed by atoms with Crippen LogP contribution in [0.25, 0.3) is 0 Å². The van der Waals surface area contributed by atoms with E-state index in [0.717, 1.165) is 19.6 Å². The summed E-state index contributed by atoms with van der Waals surface area (Å²) in [5.74, 6) is 0. The van der Waals surface area contributed by atoms with Gasteiger partial charge in [-0.25, -0.2) is 0 Å². The fourth-order valence-corrected chi connectivity index (χ4v) is 1.16. The van der Waals surface area contributed by atoms with Gasteiger partial charge in [-0.2, -0.15) is 0 Å². The molecule has 87 valence electrons. The van der Waals surface area contributed by atoms with Crippen LogP contribution >= 0.6 is 0 Å². The molecule has 1 aliphatic carbocycles. The van der Waals surface area contributed by atoms with E-state index in [-0.39, 0.29) is 0 Å². The van der Waals surface area contributed by atoms with Gasteiger partial charge in [-0.15, -0.1) is 0 Å². The van der Waals surface area contributed by atoms with Gasteiger partial charge in [0.05, 0.1) is 0 Å². The predicted octanol–water partition coefficient (Wildman–Crippen LogP) is 1.80. The maximum absolute atomic E-state index is 8.00. The van der Waals surface area contributed by atoms with E-state index in [1.165, 1.54) is 17.3 Å². The molecule has 0 unspecified atom stereocenters. The zero-order valence-electron chi connectivity index (χ0n) is 8.76. The quantitative estimate of drug-likeness (QED) is 0.618. The zero-order valence-corrected chi connectivity index (χ0v) is 9.86. The SMILES string of the molecule is C1CCOC1.C=O.C=O.[Fe][C]1=CC=CC1. The minimum atomic E-state index is 1.00. The van der Waals surface area contributed by atoms with Gasteiger partial charge in [0.1, 0.15) is 13.6 Å². The van der Waals surface area contributed by atoms with Crippen LogP contribution in [0, 0.1) is 0 Å². The fraction of sp³-hybridized carbons (Fsp3) is 0.455. The molecule has 0 aromatic rings. The average Bonchev–Trinajstić information content (AvgIpc) is 2.98. The summed E-state index contributed by atoms with van der Waals surface area (Å²) in [4.78, 5) is 16.0. The van der Waals surface area contributed by atoms with E-state index in [0.29, 0.717) is 0 Å². The number of rotatable bonds is 0. The van der Waals surface area contributed by atoms with E-state index in [1.807, 2.05) is 25.7 Å². The van der Waals surface area contributed by atoms with Crippen molar-refractivity contribution in [1.82, 2.24) is 0 Å². The summed E-state index contributed by atoms with van der Waals surface area (Å²) in [6.45, 7) is 6.00. The molecule has 0 spiro atoms. The van der Waals surface area contributed by atoms with Crippen molar-refractivity contribution in [1.29, 1.82) is 0 Å². The summed E-state index contributed by atoms with van der Waals surface area (Å²) in [6, 6.07) is 0. The summed E-state index contributed by atoms with van der Waals surface area (Å²) in [5.41, 5.74) is 0. The third kappa shape index (κ3) is 13.3. The van der Waals surface area contributed by atoms with Gasteiger partial charge in [0.25, 0.3) is 0 Å². The number of ether oxygens (including phenoxy) is 1. The molecule has 1 saturated heterocycles. The minimum absolute atomic E-state index is 1.00. The number of hydrogen-bond donors (Lipinski definition) is 0. The Kier molecular flexibility index (Phi) is 17.6. The van der Waals surface area contributed by atoms with Crippen LogP contribution in [0.1, 0.15) is 19.3 Å². The number of carbonyl (C=O) groups excluding carboxylic acids is 2. The molecule has 0 aromatic heterocycles. The normalized spacial score (nSPS) is 15.9. The molecular weight excluding hydrogens is 236 g/mol. The van der Waals surface area contributed by atoms with Gasteiger partial charge in [-0.05, 0) is 12.8 Å². The van der Waals surface area contributed by atoms with Crippen LogP contribution in [-0.2, 0) is 30.3 Å². The van der Waals surface area contributed by atoms with Gasteiger partial charge < -0.3 is 14.3 Å². The van der Waals surface area contributed by atoms with Crippen molar-refractivity contribution in [2.45, 2.75) is 19.3 Å². The molecule has 0 saturated carbocycles. The predicted molar refractivity (Wildman–Crippen MR) is 56.1 cm³/mol. The molecule has 0 N–H and O–H groups in total. The van der Waals surface area contributed by atoms with Crippen molar-refractivity contribution in [3.63, 3.8) is 0 Å². The molecule has 0 bridgehead atoms. The molecule has 2 aliphatic rings. The standard InChI is InChI=1S/C5H5.C4H8O.2CH2O.Fe/c2*1-2-4-5-3-1;2*1-2;/h1-3H,4H2;1-4H2;2*1H2;. The first-order valence-electron chi connectivity index (χ1n) is 4.55. The maximum atomic E-state index is 8.00. The van der Waals surface area contributed by atoms with Crippen molar-refractivity contribution in [2.24, 2.45) is 0 Å². The van der Waals surface area contributed by atoms with Crippen molar-refractivity contribution in [3.8, 4) is 0 Å². The average molecular weight is 253 g/mol. The summed E-state index contributed by atoms with van der Waals surface area (Å²) in [7, 11) is 0. The molecule has 15 heavy (non-hydrogen) atoms. The molecular formula is C11H17FeO3. The monoisotopic (exact) mass is 253 g/mol. The van der Waals surface area contributed by atoms with E-state index in [2.05, 4.69) is 22.1 Å². The van der Waals surface area contributed by atoms with E-state index in [9.17, 15) is 0 Å². The third-order valence-corrected chi connectivity index (χ3v) is 1.95. The summed E-state index contributed by atoms with van der Waals surface area (Å²) in [5, 5.41) is 0. The van der Waals surface area contributed by atoms with E-state index in [4.69, 9.17) is 14.3 Å². The summed E-state index contributed by atoms with van der Waals surface area (Å²) < 4.78 is 6.16. The van der Waals surface area contributed by atoms with Gasteiger partial charge in [0.2, 0.25) is 0 Å².